The highest BCUT2D eigenvalue weighted by molar-refractivity contribution is 8.14. The van der Waals surface area contributed by atoms with Crippen molar-refractivity contribution in [2.45, 2.75) is 19.4 Å². The Morgan fingerprint density at radius 3 is 2.69 bits per heavy atom. The lowest BCUT2D eigenvalue weighted by atomic mass is 10.3. The summed E-state index contributed by atoms with van der Waals surface area (Å²) in [4.78, 5) is 4.54. The van der Waals surface area contributed by atoms with Crippen molar-refractivity contribution >= 4 is 45.8 Å². The van der Waals surface area contributed by atoms with Gasteiger partial charge < -0.3 is 5.32 Å². The molecule has 1 aromatic rings. The maximum absolute atomic E-state index is 6.07. The molecule has 5 heteroatoms. The lowest BCUT2D eigenvalue weighted by Crippen LogP contribution is -2.06. The number of benzene rings is 1. The molecule has 0 saturated carbocycles. The van der Waals surface area contributed by atoms with E-state index in [9.17, 15) is 0 Å². The first-order valence-corrected chi connectivity index (χ1v) is 6.86. The quantitative estimate of drug-likeness (QED) is 0.870. The van der Waals surface area contributed by atoms with Gasteiger partial charge in [0.15, 0.2) is 5.17 Å². The van der Waals surface area contributed by atoms with Crippen molar-refractivity contribution < 1.29 is 0 Å². The number of nitrogens with zero attached hydrogens (tertiary/aromatic N) is 1. The summed E-state index contributed by atoms with van der Waals surface area (Å²) >= 11 is 13.8. The molecule has 0 aliphatic carbocycles. The predicted molar refractivity (Wildman–Crippen MR) is 74.1 cm³/mol. The number of aliphatic imine (C=N–C) groups is 1. The maximum atomic E-state index is 6.07. The van der Waals surface area contributed by atoms with Gasteiger partial charge in [-0.15, -0.1) is 0 Å². The molecule has 1 unspecified atom stereocenters. The third-order valence-electron chi connectivity index (χ3n) is 2.38. The fraction of sp³-hybridized carbons (Fsp3) is 0.364. The number of hydrogen-bond donors (Lipinski definition) is 1. The molecule has 0 aromatic heterocycles. The molecular weight excluding hydrogens is 263 g/mol. The Morgan fingerprint density at radius 1 is 1.44 bits per heavy atom. The van der Waals surface area contributed by atoms with Gasteiger partial charge in [-0.2, -0.15) is 0 Å². The fourth-order valence-electron chi connectivity index (χ4n) is 1.42. The smallest absolute Gasteiger partial charge is 0.161 e. The van der Waals surface area contributed by atoms with Crippen molar-refractivity contribution in [3.63, 3.8) is 0 Å². The molecule has 0 bridgehead atoms. The number of halogens is 2. The van der Waals surface area contributed by atoms with Gasteiger partial charge in [0, 0.05) is 5.75 Å². The Hall–Kier alpha value is -0.380. The number of hydrogen-bond acceptors (Lipinski definition) is 3. The number of nitrogens with one attached hydrogen (secondary N) is 1. The summed E-state index contributed by atoms with van der Waals surface area (Å²) in [7, 11) is 0. The molecular formula is C11H12Cl2N2S. The molecule has 0 fully saturated rings. The summed E-state index contributed by atoms with van der Waals surface area (Å²) in [5.41, 5.74) is 0.744. The van der Waals surface area contributed by atoms with E-state index in [2.05, 4.69) is 17.2 Å². The molecule has 1 atom stereocenters. The molecule has 0 amide bonds. The van der Waals surface area contributed by atoms with Crippen LogP contribution in [-0.2, 0) is 0 Å². The maximum Gasteiger partial charge on any atom is 0.161 e. The Bertz CT molecular complexity index is 400. The van der Waals surface area contributed by atoms with Crippen LogP contribution in [0.25, 0.3) is 0 Å². The van der Waals surface area contributed by atoms with E-state index in [0.29, 0.717) is 16.1 Å². The van der Waals surface area contributed by atoms with Crippen LogP contribution in [0.2, 0.25) is 10.0 Å². The lowest BCUT2D eigenvalue weighted by Gasteiger charge is -2.08. The van der Waals surface area contributed by atoms with E-state index in [1.165, 1.54) is 0 Å². The van der Waals surface area contributed by atoms with Crippen LogP contribution in [0.15, 0.2) is 23.2 Å². The molecule has 1 aliphatic rings. The van der Waals surface area contributed by atoms with Gasteiger partial charge in [-0.25, -0.2) is 0 Å². The second kappa shape index (κ2) is 5.30. The molecule has 1 heterocycles. The number of thioether (sulfide) groups is 1. The molecule has 0 radical (unpaired) electrons. The molecule has 1 aliphatic heterocycles. The third kappa shape index (κ3) is 2.65. The summed E-state index contributed by atoms with van der Waals surface area (Å²) in [6, 6.07) is 5.86. The van der Waals surface area contributed by atoms with Gasteiger partial charge in [0.05, 0.1) is 21.8 Å². The van der Waals surface area contributed by atoms with E-state index >= 15 is 0 Å². The minimum atomic E-state index is 0.411. The second-order valence-corrected chi connectivity index (χ2v) is 5.35. The largest absolute Gasteiger partial charge is 0.333 e. The van der Waals surface area contributed by atoms with Gasteiger partial charge in [0.2, 0.25) is 0 Å². The highest BCUT2D eigenvalue weighted by Gasteiger charge is 2.17. The monoisotopic (exact) mass is 274 g/mol. The summed E-state index contributed by atoms with van der Waals surface area (Å²) < 4.78 is 0. The summed E-state index contributed by atoms with van der Waals surface area (Å²) in [6.07, 6.45) is 1.06. The van der Waals surface area contributed by atoms with Crippen molar-refractivity contribution in [2.75, 3.05) is 11.1 Å². The van der Waals surface area contributed by atoms with Gasteiger partial charge in [0.1, 0.15) is 0 Å². The summed E-state index contributed by atoms with van der Waals surface area (Å²) in [6.45, 7) is 2.14. The van der Waals surface area contributed by atoms with E-state index in [-0.39, 0.29) is 0 Å². The predicted octanol–water partition coefficient (Wildman–Crippen LogP) is 4.29. The van der Waals surface area contributed by atoms with E-state index in [1.54, 1.807) is 11.8 Å². The van der Waals surface area contributed by atoms with Crippen LogP contribution in [0.1, 0.15) is 13.3 Å². The van der Waals surface area contributed by atoms with Crippen LogP contribution in [0.3, 0.4) is 0 Å². The standard InChI is InChI=1S/C11H12Cl2N2S/c1-2-7-6-16-11(14-7)15-10-8(12)4-3-5-9(10)13/h3-5,7H,2,6H2,1H3,(H,14,15). The number of rotatable bonds is 2. The SMILES string of the molecule is CCC1CSC(Nc2c(Cl)cccc2Cl)=N1. The van der Waals surface area contributed by atoms with Crippen molar-refractivity contribution in [3.05, 3.63) is 28.2 Å². The van der Waals surface area contributed by atoms with Crippen LogP contribution >= 0.6 is 35.0 Å². The van der Waals surface area contributed by atoms with Gasteiger partial charge >= 0.3 is 0 Å². The highest BCUT2D eigenvalue weighted by Crippen LogP contribution is 2.32. The molecule has 0 saturated heterocycles. The van der Waals surface area contributed by atoms with Crippen LogP contribution < -0.4 is 5.32 Å². The van der Waals surface area contributed by atoms with Gasteiger partial charge in [-0.3, -0.25) is 4.99 Å². The van der Waals surface area contributed by atoms with Crippen molar-refractivity contribution in [3.8, 4) is 0 Å². The van der Waals surface area contributed by atoms with Crippen LogP contribution in [-0.4, -0.2) is 17.0 Å². The first kappa shape index (κ1) is 12.1. The number of para-hydroxylation sites is 1. The molecule has 1 aromatic carbocycles. The van der Waals surface area contributed by atoms with Crippen molar-refractivity contribution in [1.82, 2.24) is 0 Å². The zero-order valence-electron chi connectivity index (χ0n) is 8.84. The molecule has 1 N–H and O–H groups in total. The number of anilines is 1. The molecule has 86 valence electrons. The van der Waals surface area contributed by atoms with Crippen molar-refractivity contribution in [1.29, 1.82) is 0 Å². The minimum Gasteiger partial charge on any atom is -0.333 e. The van der Waals surface area contributed by atoms with Crippen LogP contribution in [0, 0.1) is 0 Å². The zero-order chi connectivity index (χ0) is 11.5. The lowest BCUT2D eigenvalue weighted by molar-refractivity contribution is 0.738. The van der Waals surface area contributed by atoms with E-state index in [1.807, 2.05) is 18.2 Å². The molecule has 2 nitrogen and oxygen atoms in total. The van der Waals surface area contributed by atoms with E-state index in [0.717, 1.165) is 23.0 Å². The molecule has 0 spiro atoms. The van der Waals surface area contributed by atoms with E-state index < -0.39 is 0 Å². The van der Waals surface area contributed by atoms with Gasteiger partial charge in [-0.1, -0.05) is 48.0 Å². The molecule has 16 heavy (non-hydrogen) atoms. The summed E-state index contributed by atoms with van der Waals surface area (Å²) in [5.74, 6) is 1.03. The Balaban J connectivity index is 2.16. The minimum absolute atomic E-state index is 0.411. The van der Waals surface area contributed by atoms with Gasteiger partial charge in [-0.05, 0) is 18.6 Å². The van der Waals surface area contributed by atoms with E-state index in [4.69, 9.17) is 23.2 Å². The number of amidine groups is 1. The zero-order valence-corrected chi connectivity index (χ0v) is 11.2. The third-order valence-corrected chi connectivity index (χ3v) is 4.04. The fourth-order valence-corrected chi connectivity index (χ4v) is 2.97. The molecule has 2 rings (SSSR count). The first-order valence-electron chi connectivity index (χ1n) is 5.12. The van der Waals surface area contributed by atoms with Crippen LogP contribution in [0.4, 0.5) is 5.69 Å². The summed E-state index contributed by atoms with van der Waals surface area (Å²) in [5, 5.41) is 5.34. The topological polar surface area (TPSA) is 24.4 Å². The first-order chi connectivity index (χ1) is 7.70. The Morgan fingerprint density at radius 2 is 2.12 bits per heavy atom. The average Bonchev–Trinajstić information content (AvgIpc) is 2.71. The Kier molecular flexibility index (Phi) is 4.00. The van der Waals surface area contributed by atoms with Crippen molar-refractivity contribution in [2.24, 2.45) is 4.99 Å². The second-order valence-electron chi connectivity index (χ2n) is 3.53. The van der Waals surface area contributed by atoms with Gasteiger partial charge in [0.25, 0.3) is 0 Å². The average molecular weight is 275 g/mol. The van der Waals surface area contributed by atoms with Crippen LogP contribution in [0.5, 0.6) is 0 Å². The normalized spacial score (nSPS) is 19.7. The highest BCUT2D eigenvalue weighted by atomic mass is 35.5. The Labute approximate surface area is 109 Å².